The van der Waals surface area contributed by atoms with Gasteiger partial charge in [-0.3, -0.25) is 10.1 Å². The van der Waals surface area contributed by atoms with Crippen molar-refractivity contribution in [2.75, 3.05) is 26.7 Å². The number of aryl methyl sites for hydroxylation is 1. The van der Waals surface area contributed by atoms with Gasteiger partial charge in [0, 0.05) is 26.7 Å². The smallest absolute Gasteiger partial charge is 0.325 e. The number of fused-ring (bicyclic) bond motifs is 1. The van der Waals surface area contributed by atoms with E-state index in [0.29, 0.717) is 0 Å². The van der Waals surface area contributed by atoms with Crippen LogP contribution in [0.3, 0.4) is 0 Å². The lowest BCUT2D eigenvalue weighted by molar-refractivity contribution is -0.127. The fraction of sp³-hybridized carbons (Fsp3) is 0.550. The first kappa shape index (κ1) is 17.8. The molecule has 1 N–H and O–H groups in total. The number of amides is 3. The van der Waals surface area contributed by atoms with Crippen molar-refractivity contribution in [1.82, 2.24) is 20.0 Å². The van der Waals surface area contributed by atoms with Crippen molar-refractivity contribution in [1.29, 1.82) is 0 Å². The van der Waals surface area contributed by atoms with Crippen molar-refractivity contribution in [3.05, 3.63) is 35.9 Å². The molecule has 0 saturated carbocycles. The van der Waals surface area contributed by atoms with Crippen LogP contribution in [0.4, 0.5) is 4.79 Å². The number of guanidine groups is 1. The maximum atomic E-state index is 12.6. The zero-order valence-electron chi connectivity index (χ0n) is 15.8. The predicted octanol–water partition coefficient (Wildman–Crippen LogP) is 1.65. The van der Waals surface area contributed by atoms with Crippen LogP contribution in [0.2, 0.25) is 0 Å². The molecule has 0 aromatic heterocycles. The molecule has 4 rings (SSSR count). The molecule has 2 fully saturated rings. The summed E-state index contributed by atoms with van der Waals surface area (Å²) in [6.07, 6.45) is 4.99. The van der Waals surface area contributed by atoms with Gasteiger partial charge in [-0.2, -0.15) is 0 Å². The number of nitrogens with one attached hydrogen (secondary N) is 1. The second kappa shape index (κ2) is 7.58. The molecular weight excluding hydrogens is 342 g/mol. The number of nitrogens with zero attached hydrogens (tertiary/aromatic N) is 4. The summed E-state index contributed by atoms with van der Waals surface area (Å²) in [6.45, 7) is 2.68. The number of likely N-dealkylation sites (tertiary alicyclic amines) is 1. The van der Waals surface area contributed by atoms with Gasteiger partial charge in [-0.15, -0.1) is 0 Å². The lowest BCUT2D eigenvalue weighted by Crippen LogP contribution is -2.64. The summed E-state index contributed by atoms with van der Waals surface area (Å²) in [5.74, 6) is 0.646. The molecule has 1 aromatic rings. The molecule has 0 bridgehead atoms. The Balaban J connectivity index is 1.52. The maximum absolute atomic E-state index is 12.6. The van der Waals surface area contributed by atoms with E-state index >= 15 is 0 Å². The van der Waals surface area contributed by atoms with Crippen LogP contribution in [0.15, 0.2) is 35.3 Å². The minimum atomic E-state index is -0.431. The van der Waals surface area contributed by atoms with Gasteiger partial charge < -0.3 is 14.7 Å². The van der Waals surface area contributed by atoms with Gasteiger partial charge in [0.2, 0.25) is 0 Å². The van der Waals surface area contributed by atoms with Crippen LogP contribution in [0.25, 0.3) is 0 Å². The third kappa shape index (κ3) is 3.50. The van der Waals surface area contributed by atoms with Crippen molar-refractivity contribution in [3.63, 3.8) is 0 Å². The lowest BCUT2D eigenvalue weighted by Gasteiger charge is -2.38. The molecule has 3 heterocycles. The first-order valence-corrected chi connectivity index (χ1v) is 9.86. The number of hydrogen-bond acceptors (Lipinski definition) is 5. The SMILES string of the molecule is CN1C(=O)NC(=O)C2C1N=C(N1CCCCC1)N2CCCc1ccccc1. The molecular formula is C20H27N5O2. The van der Waals surface area contributed by atoms with Gasteiger partial charge in [0.15, 0.2) is 18.2 Å². The fourth-order valence-corrected chi connectivity index (χ4v) is 4.21. The highest BCUT2D eigenvalue weighted by molar-refractivity contribution is 6.03. The molecule has 2 atom stereocenters. The minimum absolute atomic E-state index is 0.237. The average molecular weight is 369 g/mol. The van der Waals surface area contributed by atoms with Crippen LogP contribution in [0.5, 0.6) is 0 Å². The van der Waals surface area contributed by atoms with E-state index in [1.807, 2.05) is 6.07 Å². The van der Waals surface area contributed by atoms with Crippen molar-refractivity contribution in [3.8, 4) is 0 Å². The number of benzene rings is 1. The third-order valence-electron chi connectivity index (χ3n) is 5.68. The van der Waals surface area contributed by atoms with E-state index in [2.05, 4.69) is 39.4 Å². The van der Waals surface area contributed by atoms with Crippen molar-refractivity contribution < 1.29 is 9.59 Å². The van der Waals surface area contributed by atoms with Gasteiger partial charge in [0.1, 0.15) is 0 Å². The normalized spacial score (nSPS) is 25.4. The summed E-state index contributed by atoms with van der Waals surface area (Å²) in [5, 5.41) is 2.48. The van der Waals surface area contributed by atoms with Crippen LogP contribution in [-0.2, 0) is 11.2 Å². The fourth-order valence-electron chi connectivity index (χ4n) is 4.21. The summed E-state index contributed by atoms with van der Waals surface area (Å²) in [5.41, 5.74) is 1.30. The van der Waals surface area contributed by atoms with Gasteiger partial charge in [0.05, 0.1) is 0 Å². The highest BCUT2D eigenvalue weighted by atomic mass is 16.2. The first-order chi connectivity index (χ1) is 13.1. The largest absolute Gasteiger partial charge is 0.343 e. The molecule has 7 heteroatoms. The number of carbonyl (C=O) groups excluding carboxylic acids is 2. The number of piperidine rings is 1. The van der Waals surface area contributed by atoms with E-state index < -0.39 is 12.2 Å². The first-order valence-electron chi connectivity index (χ1n) is 9.86. The Kier molecular flexibility index (Phi) is 5.01. The summed E-state index contributed by atoms with van der Waals surface area (Å²) in [4.78, 5) is 35.4. The Hall–Kier alpha value is -2.57. The Morgan fingerprint density at radius 3 is 2.59 bits per heavy atom. The van der Waals surface area contributed by atoms with E-state index in [1.165, 1.54) is 12.0 Å². The molecule has 0 spiro atoms. The van der Waals surface area contributed by atoms with E-state index in [4.69, 9.17) is 4.99 Å². The minimum Gasteiger partial charge on any atom is -0.343 e. The zero-order chi connectivity index (χ0) is 18.8. The quantitative estimate of drug-likeness (QED) is 0.876. The van der Waals surface area contributed by atoms with E-state index in [0.717, 1.165) is 51.3 Å². The zero-order valence-corrected chi connectivity index (χ0v) is 15.8. The van der Waals surface area contributed by atoms with Crippen molar-refractivity contribution in [2.24, 2.45) is 4.99 Å². The average Bonchev–Trinajstić information content (AvgIpc) is 3.08. The second-order valence-electron chi connectivity index (χ2n) is 7.52. The highest BCUT2D eigenvalue weighted by Crippen LogP contribution is 2.27. The van der Waals surface area contributed by atoms with Crippen molar-refractivity contribution in [2.45, 2.75) is 44.3 Å². The molecule has 3 aliphatic heterocycles. The summed E-state index contributed by atoms with van der Waals surface area (Å²) >= 11 is 0. The van der Waals surface area contributed by atoms with E-state index in [9.17, 15) is 9.59 Å². The monoisotopic (exact) mass is 369 g/mol. The molecule has 27 heavy (non-hydrogen) atoms. The van der Waals surface area contributed by atoms with Crippen LogP contribution < -0.4 is 5.32 Å². The van der Waals surface area contributed by atoms with Gasteiger partial charge in [-0.25, -0.2) is 9.79 Å². The number of carbonyl (C=O) groups is 2. The van der Waals surface area contributed by atoms with E-state index in [1.54, 1.807) is 11.9 Å². The number of aliphatic imine (C=N–C) groups is 1. The predicted molar refractivity (Wildman–Crippen MR) is 103 cm³/mol. The number of hydrogen-bond donors (Lipinski definition) is 1. The number of imide groups is 1. The van der Waals surface area contributed by atoms with Gasteiger partial charge in [-0.05, 0) is 37.7 Å². The van der Waals surface area contributed by atoms with Gasteiger partial charge in [-0.1, -0.05) is 30.3 Å². The highest BCUT2D eigenvalue weighted by Gasteiger charge is 2.49. The van der Waals surface area contributed by atoms with Crippen LogP contribution in [0, 0.1) is 0 Å². The Morgan fingerprint density at radius 2 is 1.85 bits per heavy atom. The molecule has 1 aromatic carbocycles. The van der Waals surface area contributed by atoms with Crippen LogP contribution >= 0.6 is 0 Å². The standard InChI is InChI=1S/C20H27N5O2/c1-23-17-16(18(26)22-20(23)27)25(14-8-11-15-9-4-2-5-10-15)19(21-17)24-12-6-3-7-13-24/h2,4-5,9-10,16-17H,3,6-8,11-14H2,1H3,(H,22,26,27). The Morgan fingerprint density at radius 1 is 1.11 bits per heavy atom. The summed E-state index contributed by atoms with van der Waals surface area (Å²) < 4.78 is 0. The molecule has 0 aliphatic carbocycles. The van der Waals surface area contributed by atoms with Gasteiger partial charge in [0.25, 0.3) is 5.91 Å². The third-order valence-corrected chi connectivity index (χ3v) is 5.68. The Bertz CT molecular complexity index is 729. The summed E-state index contributed by atoms with van der Waals surface area (Å²) in [7, 11) is 1.71. The topological polar surface area (TPSA) is 68.2 Å². The summed E-state index contributed by atoms with van der Waals surface area (Å²) in [6, 6.07) is 9.59. The second-order valence-corrected chi connectivity index (χ2v) is 7.52. The van der Waals surface area contributed by atoms with Gasteiger partial charge >= 0.3 is 6.03 Å². The maximum Gasteiger partial charge on any atom is 0.325 e. The van der Waals surface area contributed by atoms with Crippen LogP contribution in [0.1, 0.15) is 31.2 Å². The number of likely N-dealkylation sites (N-methyl/N-ethyl adjacent to an activating group) is 1. The molecule has 2 saturated heterocycles. The molecule has 0 radical (unpaired) electrons. The molecule has 2 unspecified atom stereocenters. The van der Waals surface area contributed by atoms with Crippen molar-refractivity contribution >= 4 is 17.9 Å². The van der Waals surface area contributed by atoms with Crippen LogP contribution in [-0.4, -0.2) is 71.5 Å². The molecule has 144 valence electrons. The van der Waals surface area contributed by atoms with E-state index in [-0.39, 0.29) is 11.9 Å². The number of urea groups is 1. The molecule has 3 aliphatic rings. The molecule has 3 amide bonds. The number of rotatable bonds is 4. The Labute approximate surface area is 160 Å². The lowest BCUT2D eigenvalue weighted by atomic mass is 10.1. The molecule has 7 nitrogen and oxygen atoms in total.